The second-order valence-corrected chi connectivity index (χ2v) is 6.65. The third-order valence-corrected chi connectivity index (χ3v) is 3.52. The van der Waals surface area contributed by atoms with Gasteiger partial charge in [-0.25, -0.2) is 4.79 Å². The van der Waals surface area contributed by atoms with Gasteiger partial charge in [0.05, 0.1) is 12.2 Å². The molecule has 0 spiro atoms. The minimum Gasteiger partial charge on any atom is -0.444 e. The zero-order valence-corrected chi connectivity index (χ0v) is 13.5. The molecule has 1 fully saturated rings. The summed E-state index contributed by atoms with van der Waals surface area (Å²) in [5.74, 6) is 0.0272. The lowest BCUT2D eigenvalue weighted by Gasteiger charge is -2.34. The summed E-state index contributed by atoms with van der Waals surface area (Å²) in [6, 6.07) is 3.69. The minimum absolute atomic E-state index is 0.0272. The summed E-state index contributed by atoms with van der Waals surface area (Å²) in [4.78, 5) is 28.7. The highest BCUT2D eigenvalue weighted by molar-refractivity contribution is 5.95. The first kappa shape index (κ1) is 16.5. The largest absolute Gasteiger partial charge is 0.444 e. The van der Waals surface area contributed by atoms with E-state index in [2.05, 4.69) is 10.3 Å². The van der Waals surface area contributed by atoms with Crippen LogP contribution in [0.15, 0.2) is 18.3 Å². The van der Waals surface area contributed by atoms with Crippen molar-refractivity contribution in [3.8, 4) is 0 Å². The molecular formula is C16H25N3O3. The molecule has 0 radical (unpaired) electrons. The Bertz CT molecular complexity index is 505. The van der Waals surface area contributed by atoms with Crippen LogP contribution in [0.4, 0.5) is 4.79 Å². The maximum absolute atomic E-state index is 12.1. The molecule has 1 unspecified atom stereocenters. The van der Waals surface area contributed by atoms with Crippen molar-refractivity contribution in [1.29, 1.82) is 0 Å². The molecular weight excluding hydrogens is 282 g/mol. The van der Waals surface area contributed by atoms with Crippen molar-refractivity contribution < 1.29 is 14.3 Å². The van der Waals surface area contributed by atoms with Gasteiger partial charge in [0.2, 0.25) is 0 Å². The average molecular weight is 307 g/mol. The Hall–Kier alpha value is -1.82. The third kappa shape index (κ3) is 4.87. The Balaban J connectivity index is 1.80. The molecule has 1 amide bonds. The summed E-state index contributed by atoms with van der Waals surface area (Å²) in [6.45, 7) is 7.14. The highest BCUT2D eigenvalue weighted by Crippen LogP contribution is 2.15. The first-order valence-corrected chi connectivity index (χ1v) is 7.73. The molecule has 122 valence electrons. The Morgan fingerprint density at radius 2 is 2.23 bits per heavy atom. The molecule has 1 atom stereocenters. The van der Waals surface area contributed by atoms with Gasteiger partial charge < -0.3 is 19.9 Å². The molecule has 6 heteroatoms. The molecule has 0 aromatic carbocycles. The minimum atomic E-state index is -0.485. The molecule has 1 aliphatic heterocycles. The number of amides is 1. The van der Waals surface area contributed by atoms with Gasteiger partial charge in [-0.2, -0.15) is 0 Å². The van der Waals surface area contributed by atoms with E-state index in [1.54, 1.807) is 23.2 Å². The molecule has 1 aromatic heterocycles. The molecule has 2 rings (SSSR count). The summed E-state index contributed by atoms with van der Waals surface area (Å²) < 4.78 is 5.40. The van der Waals surface area contributed by atoms with Gasteiger partial charge in [0, 0.05) is 25.3 Å². The number of carbonyl (C=O) groups excluding carboxylic acids is 2. The quantitative estimate of drug-likeness (QED) is 0.836. The number of ketones is 1. The number of rotatable bonds is 4. The molecule has 1 aromatic rings. The molecule has 1 saturated heterocycles. The maximum atomic E-state index is 12.1. The van der Waals surface area contributed by atoms with E-state index < -0.39 is 5.60 Å². The monoisotopic (exact) mass is 307 g/mol. The van der Waals surface area contributed by atoms with Crippen LogP contribution in [0.1, 0.15) is 44.1 Å². The highest BCUT2D eigenvalue weighted by Gasteiger charge is 2.27. The fraction of sp³-hybridized carbons (Fsp3) is 0.625. The van der Waals surface area contributed by atoms with E-state index in [1.807, 2.05) is 20.8 Å². The number of aromatic amines is 1. The number of carbonyl (C=O) groups is 2. The Morgan fingerprint density at radius 1 is 1.45 bits per heavy atom. The van der Waals surface area contributed by atoms with E-state index in [9.17, 15) is 9.59 Å². The fourth-order valence-electron chi connectivity index (χ4n) is 2.47. The van der Waals surface area contributed by atoms with Gasteiger partial charge in [-0.05, 0) is 45.7 Å². The highest BCUT2D eigenvalue weighted by atomic mass is 16.6. The predicted octanol–water partition coefficient (Wildman–Crippen LogP) is 2.19. The van der Waals surface area contributed by atoms with Crippen LogP contribution in [0.3, 0.4) is 0 Å². The second-order valence-electron chi connectivity index (χ2n) is 6.65. The molecule has 2 heterocycles. The molecule has 0 saturated carbocycles. The smallest absolute Gasteiger partial charge is 0.410 e. The van der Waals surface area contributed by atoms with Crippen LogP contribution in [-0.2, 0) is 4.74 Å². The first-order chi connectivity index (χ1) is 10.3. The van der Waals surface area contributed by atoms with Gasteiger partial charge in [-0.1, -0.05) is 0 Å². The fourth-order valence-corrected chi connectivity index (χ4v) is 2.47. The number of nitrogens with zero attached hydrogens (tertiary/aromatic N) is 1. The average Bonchev–Trinajstić information content (AvgIpc) is 2.97. The van der Waals surface area contributed by atoms with Crippen molar-refractivity contribution >= 4 is 11.9 Å². The SMILES string of the molecule is CC(C)(C)OC(=O)N1CCCC(NCC(=O)c2ccc[nH]2)C1. The lowest BCUT2D eigenvalue weighted by molar-refractivity contribution is 0.0188. The topological polar surface area (TPSA) is 74.4 Å². The molecule has 6 nitrogen and oxygen atoms in total. The number of likely N-dealkylation sites (tertiary alicyclic amines) is 1. The summed E-state index contributed by atoms with van der Waals surface area (Å²) in [5.41, 5.74) is 0.119. The third-order valence-electron chi connectivity index (χ3n) is 3.52. The van der Waals surface area contributed by atoms with Crippen LogP contribution in [0.5, 0.6) is 0 Å². The van der Waals surface area contributed by atoms with E-state index >= 15 is 0 Å². The van der Waals surface area contributed by atoms with Crippen LogP contribution in [-0.4, -0.2) is 53.0 Å². The zero-order chi connectivity index (χ0) is 16.2. The van der Waals surface area contributed by atoms with Gasteiger partial charge in [0.25, 0.3) is 0 Å². The van der Waals surface area contributed by atoms with Gasteiger partial charge in [-0.3, -0.25) is 4.79 Å². The summed E-state index contributed by atoms with van der Waals surface area (Å²) in [6.07, 6.45) is 3.32. The number of nitrogens with one attached hydrogen (secondary N) is 2. The van der Waals surface area contributed by atoms with Crippen molar-refractivity contribution in [3.63, 3.8) is 0 Å². The van der Waals surface area contributed by atoms with Crippen LogP contribution >= 0.6 is 0 Å². The summed E-state index contributed by atoms with van der Waals surface area (Å²) >= 11 is 0. The predicted molar refractivity (Wildman–Crippen MR) is 84.0 cm³/mol. The number of hydrogen-bond acceptors (Lipinski definition) is 4. The number of piperidine rings is 1. The van der Waals surface area contributed by atoms with E-state index in [-0.39, 0.29) is 24.5 Å². The van der Waals surface area contributed by atoms with Gasteiger partial charge in [-0.15, -0.1) is 0 Å². The van der Waals surface area contributed by atoms with Crippen molar-refractivity contribution in [3.05, 3.63) is 24.0 Å². The van der Waals surface area contributed by atoms with Crippen molar-refractivity contribution in [1.82, 2.24) is 15.2 Å². The second kappa shape index (κ2) is 6.96. The van der Waals surface area contributed by atoms with E-state index in [1.165, 1.54) is 0 Å². The van der Waals surface area contributed by atoms with E-state index in [0.717, 1.165) is 12.8 Å². The molecule has 2 N–H and O–H groups in total. The molecule has 1 aliphatic rings. The van der Waals surface area contributed by atoms with Crippen LogP contribution in [0, 0.1) is 0 Å². The number of aromatic nitrogens is 1. The Morgan fingerprint density at radius 3 is 2.86 bits per heavy atom. The summed E-state index contributed by atoms with van der Waals surface area (Å²) in [5, 5.41) is 3.24. The lowest BCUT2D eigenvalue weighted by Crippen LogP contribution is -2.50. The Kier molecular flexibility index (Phi) is 5.24. The molecule has 22 heavy (non-hydrogen) atoms. The van der Waals surface area contributed by atoms with E-state index in [4.69, 9.17) is 4.74 Å². The maximum Gasteiger partial charge on any atom is 0.410 e. The van der Waals surface area contributed by atoms with Crippen LogP contribution in [0.25, 0.3) is 0 Å². The number of Topliss-reactive ketones (excluding diaryl/α,β-unsaturated/α-hetero) is 1. The normalized spacial score (nSPS) is 19.0. The van der Waals surface area contributed by atoms with Gasteiger partial charge in [0.1, 0.15) is 5.60 Å². The number of ether oxygens (including phenoxy) is 1. The van der Waals surface area contributed by atoms with Crippen molar-refractivity contribution in [2.75, 3.05) is 19.6 Å². The van der Waals surface area contributed by atoms with Crippen LogP contribution < -0.4 is 5.32 Å². The number of H-pyrrole nitrogens is 1. The van der Waals surface area contributed by atoms with Gasteiger partial charge >= 0.3 is 6.09 Å². The summed E-state index contributed by atoms with van der Waals surface area (Å²) in [7, 11) is 0. The number of hydrogen-bond donors (Lipinski definition) is 2. The lowest BCUT2D eigenvalue weighted by atomic mass is 10.1. The molecule has 0 aliphatic carbocycles. The zero-order valence-electron chi connectivity index (χ0n) is 13.5. The standard InChI is InChI=1S/C16H25N3O3/c1-16(2,3)22-15(21)19-9-5-6-12(11-19)18-10-14(20)13-7-4-8-17-13/h4,7-8,12,17-18H,5-6,9-11H2,1-3H3. The molecule has 0 bridgehead atoms. The Labute approximate surface area is 131 Å². The van der Waals surface area contributed by atoms with Gasteiger partial charge in [0.15, 0.2) is 5.78 Å². The van der Waals surface area contributed by atoms with Crippen molar-refractivity contribution in [2.24, 2.45) is 0 Å². The van der Waals surface area contributed by atoms with Crippen LogP contribution in [0.2, 0.25) is 0 Å². The van der Waals surface area contributed by atoms with E-state index in [0.29, 0.717) is 18.8 Å². The van der Waals surface area contributed by atoms with Crippen molar-refractivity contribution in [2.45, 2.75) is 45.3 Å². The first-order valence-electron chi connectivity index (χ1n) is 7.73.